The van der Waals surface area contributed by atoms with Gasteiger partial charge in [-0.05, 0) is 36.4 Å². The lowest BCUT2D eigenvalue weighted by Gasteiger charge is -2.17. The topological polar surface area (TPSA) is 61.4 Å². The van der Waals surface area contributed by atoms with Crippen molar-refractivity contribution in [3.05, 3.63) is 59.4 Å². The second-order valence-corrected chi connectivity index (χ2v) is 5.93. The summed E-state index contributed by atoms with van der Waals surface area (Å²) in [5.74, 6) is -0.566. The summed E-state index contributed by atoms with van der Waals surface area (Å²) in [4.78, 5) is 25.6. The molecule has 1 atom stereocenters. The molecule has 24 heavy (non-hydrogen) atoms. The smallest absolute Gasteiger partial charge is 0.319 e. The summed E-state index contributed by atoms with van der Waals surface area (Å²) in [5.41, 5.74) is 1.05. The molecule has 0 saturated carbocycles. The molecule has 1 aliphatic heterocycles. The van der Waals surface area contributed by atoms with Gasteiger partial charge in [-0.1, -0.05) is 23.7 Å². The van der Waals surface area contributed by atoms with Gasteiger partial charge in [-0.3, -0.25) is 4.79 Å². The first-order chi connectivity index (χ1) is 11.5. The fourth-order valence-corrected chi connectivity index (χ4v) is 2.81. The minimum atomic E-state index is -0.420. The number of urea groups is 1. The van der Waals surface area contributed by atoms with E-state index in [-0.39, 0.29) is 18.4 Å². The molecule has 0 unspecified atom stereocenters. The molecular formula is C17H15ClFN3O2. The second kappa shape index (κ2) is 6.88. The van der Waals surface area contributed by atoms with Crippen LogP contribution in [0.4, 0.5) is 20.6 Å². The van der Waals surface area contributed by atoms with Crippen molar-refractivity contribution >= 4 is 34.9 Å². The largest absolute Gasteiger partial charge is 0.333 e. The van der Waals surface area contributed by atoms with Crippen molar-refractivity contribution in [2.24, 2.45) is 0 Å². The molecule has 3 rings (SSSR count). The monoisotopic (exact) mass is 347 g/mol. The Morgan fingerprint density at radius 3 is 2.75 bits per heavy atom. The molecule has 2 aromatic rings. The average molecular weight is 348 g/mol. The van der Waals surface area contributed by atoms with Gasteiger partial charge in [-0.15, -0.1) is 0 Å². The molecule has 5 nitrogen and oxygen atoms in total. The Morgan fingerprint density at radius 1 is 1.21 bits per heavy atom. The maximum atomic E-state index is 13.3. The predicted octanol–water partition coefficient (Wildman–Crippen LogP) is 3.41. The van der Waals surface area contributed by atoms with E-state index >= 15 is 0 Å². The number of benzene rings is 2. The van der Waals surface area contributed by atoms with Gasteiger partial charge in [0.05, 0.1) is 6.04 Å². The summed E-state index contributed by atoms with van der Waals surface area (Å²) in [7, 11) is 0. The summed E-state index contributed by atoms with van der Waals surface area (Å²) < 4.78 is 13.3. The van der Waals surface area contributed by atoms with Crippen molar-refractivity contribution in [2.45, 2.75) is 12.5 Å². The summed E-state index contributed by atoms with van der Waals surface area (Å²) in [5, 5.41) is 5.92. The first kappa shape index (κ1) is 16.3. The molecule has 1 fully saturated rings. The van der Waals surface area contributed by atoms with Crippen LogP contribution in [0, 0.1) is 5.82 Å². The van der Waals surface area contributed by atoms with Crippen LogP contribution in [0.2, 0.25) is 5.02 Å². The van der Waals surface area contributed by atoms with Crippen molar-refractivity contribution in [3.8, 4) is 0 Å². The Labute approximate surface area is 143 Å². The summed E-state index contributed by atoms with van der Waals surface area (Å²) in [6.45, 7) is 0.297. The SMILES string of the molecule is O=C(Nc1cccc(Cl)c1)N[C@H]1CC(=O)N(c2cccc(F)c2)C1. The Bertz CT molecular complexity index is 784. The molecule has 3 amide bonds. The second-order valence-electron chi connectivity index (χ2n) is 5.49. The van der Waals surface area contributed by atoms with Crippen molar-refractivity contribution in [2.75, 3.05) is 16.8 Å². The highest BCUT2D eigenvalue weighted by atomic mass is 35.5. The molecule has 1 heterocycles. The van der Waals surface area contributed by atoms with Gasteiger partial charge >= 0.3 is 6.03 Å². The van der Waals surface area contributed by atoms with Crippen LogP contribution in [0.5, 0.6) is 0 Å². The van der Waals surface area contributed by atoms with E-state index in [9.17, 15) is 14.0 Å². The van der Waals surface area contributed by atoms with E-state index in [4.69, 9.17) is 11.6 Å². The van der Waals surface area contributed by atoms with Crippen LogP contribution in [0.1, 0.15) is 6.42 Å². The van der Waals surface area contributed by atoms with E-state index in [2.05, 4.69) is 10.6 Å². The van der Waals surface area contributed by atoms with Gasteiger partial charge in [0.25, 0.3) is 0 Å². The molecule has 1 saturated heterocycles. The maximum absolute atomic E-state index is 13.3. The third kappa shape index (κ3) is 3.83. The zero-order valence-corrected chi connectivity index (χ0v) is 13.4. The number of rotatable bonds is 3. The maximum Gasteiger partial charge on any atom is 0.319 e. The Kier molecular flexibility index (Phi) is 4.66. The molecular weight excluding hydrogens is 333 g/mol. The van der Waals surface area contributed by atoms with Crippen LogP contribution >= 0.6 is 11.6 Å². The fourth-order valence-electron chi connectivity index (χ4n) is 2.62. The van der Waals surface area contributed by atoms with Crippen LogP contribution in [-0.4, -0.2) is 24.5 Å². The summed E-state index contributed by atoms with van der Waals surface area (Å²) >= 11 is 5.86. The predicted molar refractivity (Wildman–Crippen MR) is 90.8 cm³/mol. The number of amides is 3. The van der Waals surface area contributed by atoms with Crippen LogP contribution < -0.4 is 15.5 Å². The van der Waals surface area contributed by atoms with Crippen molar-refractivity contribution in [1.82, 2.24) is 5.32 Å². The first-order valence-corrected chi connectivity index (χ1v) is 7.78. The summed E-state index contributed by atoms with van der Waals surface area (Å²) in [6.07, 6.45) is 0.166. The zero-order valence-electron chi connectivity index (χ0n) is 12.6. The van der Waals surface area contributed by atoms with Gasteiger partial charge in [0, 0.05) is 29.4 Å². The minimum absolute atomic E-state index is 0.159. The number of hydrogen-bond acceptors (Lipinski definition) is 2. The highest BCUT2D eigenvalue weighted by Gasteiger charge is 2.31. The molecule has 2 aromatic carbocycles. The van der Waals surface area contributed by atoms with E-state index in [0.717, 1.165) is 0 Å². The molecule has 0 aliphatic carbocycles. The number of carbonyl (C=O) groups is 2. The number of hydrogen-bond donors (Lipinski definition) is 2. The van der Waals surface area contributed by atoms with Crippen molar-refractivity contribution in [3.63, 3.8) is 0 Å². The molecule has 124 valence electrons. The van der Waals surface area contributed by atoms with E-state index in [0.29, 0.717) is 22.9 Å². The number of nitrogens with one attached hydrogen (secondary N) is 2. The highest BCUT2D eigenvalue weighted by Crippen LogP contribution is 2.22. The lowest BCUT2D eigenvalue weighted by atomic mass is 10.2. The quantitative estimate of drug-likeness (QED) is 0.893. The van der Waals surface area contributed by atoms with E-state index < -0.39 is 11.8 Å². The van der Waals surface area contributed by atoms with Crippen LogP contribution in [-0.2, 0) is 4.79 Å². The fraction of sp³-hybridized carbons (Fsp3) is 0.176. The van der Waals surface area contributed by atoms with E-state index in [1.807, 2.05) is 0 Å². The van der Waals surface area contributed by atoms with Gasteiger partial charge in [-0.25, -0.2) is 9.18 Å². The van der Waals surface area contributed by atoms with Gasteiger partial charge in [0.15, 0.2) is 0 Å². The van der Waals surface area contributed by atoms with E-state index in [1.54, 1.807) is 36.4 Å². The number of nitrogens with zero attached hydrogens (tertiary/aromatic N) is 1. The first-order valence-electron chi connectivity index (χ1n) is 7.40. The molecule has 0 spiro atoms. The third-order valence-corrected chi connectivity index (χ3v) is 3.90. The lowest BCUT2D eigenvalue weighted by Crippen LogP contribution is -2.39. The number of carbonyl (C=O) groups excluding carboxylic acids is 2. The Balaban J connectivity index is 1.61. The zero-order chi connectivity index (χ0) is 17.1. The molecule has 0 bridgehead atoms. The lowest BCUT2D eigenvalue weighted by molar-refractivity contribution is -0.117. The van der Waals surface area contributed by atoms with Crippen LogP contribution in [0.3, 0.4) is 0 Å². The molecule has 2 N–H and O–H groups in total. The van der Waals surface area contributed by atoms with E-state index in [1.165, 1.54) is 17.0 Å². The standard InChI is InChI=1S/C17H15ClFN3O2/c18-11-3-1-5-13(7-11)20-17(24)21-14-9-16(23)22(10-14)15-6-2-4-12(19)8-15/h1-8,14H,9-10H2,(H2,20,21,24)/t14-/m0/s1. The van der Waals surface area contributed by atoms with Crippen molar-refractivity contribution < 1.29 is 14.0 Å². The Hall–Kier alpha value is -2.60. The van der Waals surface area contributed by atoms with Gasteiger partial charge in [-0.2, -0.15) is 0 Å². The number of halogens is 2. The van der Waals surface area contributed by atoms with Crippen LogP contribution in [0.15, 0.2) is 48.5 Å². The average Bonchev–Trinajstić information content (AvgIpc) is 2.87. The normalized spacial score (nSPS) is 17.0. The minimum Gasteiger partial charge on any atom is -0.333 e. The Morgan fingerprint density at radius 2 is 2.00 bits per heavy atom. The van der Waals surface area contributed by atoms with Crippen molar-refractivity contribution in [1.29, 1.82) is 0 Å². The molecule has 0 aromatic heterocycles. The third-order valence-electron chi connectivity index (χ3n) is 3.66. The highest BCUT2D eigenvalue weighted by molar-refractivity contribution is 6.30. The molecule has 0 radical (unpaired) electrons. The van der Waals surface area contributed by atoms with Crippen LogP contribution in [0.25, 0.3) is 0 Å². The van der Waals surface area contributed by atoms with Gasteiger partial charge < -0.3 is 15.5 Å². The van der Waals surface area contributed by atoms with Gasteiger partial charge in [0.2, 0.25) is 5.91 Å². The molecule has 7 heteroatoms. The molecule has 1 aliphatic rings. The summed E-state index contributed by atoms with van der Waals surface area (Å²) in [6, 6.07) is 11.8. The van der Waals surface area contributed by atoms with Gasteiger partial charge in [0.1, 0.15) is 5.82 Å². The number of anilines is 2.